The fourth-order valence-electron chi connectivity index (χ4n) is 13.7. The molecule has 4 saturated carbocycles. The molecule has 2 aliphatic heterocycles. The van der Waals surface area contributed by atoms with Gasteiger partial charge in [-0.1, -0.05) is 114 Å². The summed E-state index contributed by atoms with van der Waals surface area (Å²) >= 11 is 0. The summed E-state index contributed by atoms with van der Waals surface area (Å²) in [5, 5.41) is 6.68. The molecule has 3 unspecified atom stereocenters. The minimum Gasteiger partial charge on any atom is -0.336 e. The van der Waals surface area contributed by atoms with Gasteiger partial charge in [0.25, 0.3) is 12.0 Å². The van der Waals surface area contributed by atoms with E-state index in [0.29, 0.717) is 23.9 Å². The third-order valence-electron chi connectivity index (χ3n) is 16.9. The average Bonchev–Trinajstić information content (AvgIpc) is 3.86. The fourth-order valence-corrected chi connectivity index (χ4v) is 13.7. The highest BCUT2D eigenvalue weighted by molar-refractivity contribution is 6.20. The second-order valence-corrected chi connectivity index (χ2v) is 21.2. The van der Waals surface area contributed by atoms with Crippen LogP contribution in [-0.4, -0.2) is 43.0 Å². The zero-order valence-corrected chi connectivity index (χ0v) is 37.2. The topological polar surface area (TPSA) is 27.9 Å². The largest absolute Gasteiger partial charge is 0.336 e. The van der Waals surface area contributed by atoms with E-state index >= 15 is 0 Å². The van der Waals surface area contributed by atoms with Crippen LogP contribution in [0.1, 0.15) is 151 Å². The molecule has 0 N–H and O–H groups in total. The molecule has 3 atom stereocenters. The lowest BCUT2D eigenvalue weighted by molar-refractivity contribution is -0.740. The van der Waals surface area contributed by atoms with Crippen molar-refractivity contribution in [1.29, 1.82) is 0 Å². The van der Waals surface area contributed by atoms with Crippen LogP contribution in [0.2, 0.25) is 0 Å². The fraction of sp³-hybridized carbons (Fsp3) is 0.509. The van der Waals surface area contributed by atoms with Crippen molar-refractivity contribution in [1.82, 2.24) is 14.5 Å². The van der Waals surface area contributed by atoms with Crippen LogP contribution in [-0.2, 0) is 12.5 Å². The van der Waals surface area contributed by atoms with Gasteiger partial charge in [0, 0.05) is 48.7 Å². The Bertz CT molecular complexity index is 2810. The van der Waals surface area contributed by atoms with E-state index in [9.17, 15) is 0 Å². The molecule has 0 amide bonds. The van der Waals surface area contributed by atoms with Crippen molar-refractivity contribution in [3.05, 3.63) is 95.0 Å². The van der Waals surface area contributed by atoms with Gasteiger partial charge in [0.1, 0.15) is 11.4 Å². The average molecular weight is 796 g/mol. The van der Waals surface area contributed by atoms with Gasteiger partial charge in [-0.15, -0.1) is 0 Å². The number of allylic oxidation sites excluding steroid dienone is 1. The smallest absolute Gasteiger partial charge is 0.291 e. The molecule has 12 rings (SSSR count). The van der Waals surface area contributed by atoms with Crippen molar-refractivity contribution in [2.45, 2.75) is 166 Å². The van der Waals surface area contributed by atoms with Crippen LogP contribution in [0.4, 0.5) is 0 Å². The highest BCUT2D eigenvalue weighted by Gasteiger charge is 2.85. The summed E-state index contributed by atoms with van der Waals surface area (Å²) in [6, 6.07) is 23.2. The first-order valence-corrected chi connectivity index (χ1v) is 24.1. The quantitative estimate of drug-likeness (QED) is 0.167. The zero-order chi connectivity index (χ0) is 40.7. The van der Waals surface area contributed by atoms with E-state index in [4.69, 9.17) is 4.98 Å². The maximum Gasteiger partial charge on any atom is 0.291 e. The summed E-state index contributed by atoms with van der Waals surface area (Å²) in [6.45, 7) is 11.6. The molecule has 6 aromatic rings. The van der Waals surface area contributed by atoms with Crippen molar-refractivity contribution in [2.24, 2.45) is 13.0 Å². The Morgan fingerprint density at radius 1 is 0.733 bits per heavy atom. The molecule has 308 valence electrons. The Labute approximate surface area is 357 Å². The molecule has 0 radical (unpaired) electrons. The third-order valence-corrected chi connectivity index (χ3v) is 16.9. The first-order valence-electron chi connectivity index (χ1n) is 24.1. The molecular weight excluding hydrogens is 731 g/mol. The highest BCUT2D eigenvalue weighted by Crippen LogP contribution is 2.69. The predicted octanol–water partition coefficient (Wildman–Crippen LogP) is 12.8. The number of fused-ring (bicyclic) bond motifs is 16. The van der Waals surface area contributed by atoms with E-state index in [1.54, 1.807) is 11.1 Å². The molecule has 2 aromatic heterocycles. The lowest BCUT2D eigenvalue weighted by Gasteiger charge is -2.43. The van der Waals surface area contributed by atoms with Crippen molar-refractivity contribution in [3.63, 3.8) is 0 Å². The summed E-state index contributed by atoms with van der Waals surface area (Å²) in [5.41, 5.74) is 13.8. The Kier molecular flexibility index (Phi) is 8.38. The first kappa shape index (κ1) is 37.3. The second kappa shape index (κ2) is 13.5. The minimum absolute atomic E-state index is 0.0772. The number of hydrogen-bond donors (Lipinski definition) is 0. The number of nitrogens with zero attached hydrogens (tertiary/aromatic N) is 5. The van der Waals surface area contributed by atoms with Crippen LogP contribution >= 0.6 is 0 Å². The van der Waals surface area contributed by atoms with Crippen molar-refractivity contribution < 1.29 is 9.14 Å². The molecule has 4 fully saturated rings. The highest BCUT2D eigenvalue weighted by atomic mass is 15.5. The summed E-state index contributed by atoms with van der Waals surface area (Å²) in [4.78, 5) is 8.66. The van der Waals surface area contributed by atoms with Crippen LogP contribution in [0.3, 0.4) is 0 Å². The zero-order valence-electron chi connectivity index (χ0n) is 37.2. The van der Waals surface area contributed by atoms with Gasteiger partial charge < -0.3 is 9.47 Å². The SMILES string of the molecule is Cc1ccc2ccc3c4nc[n+]5c(c4n(C)c3c2c1C)-c1c(ccc2cc(C(C)(C)C)ccc12)C1C5C12N(C1CCCCC1)C=C(C1CCCCC1)C=[N+]2C1CCCCC1. The number of hydrogen-bond acceptors (Lipinski definition) is 2. The van der Waals surface area contributed by atoms with Crippen LogP contribution in [0, 0.1) is 19.8 Å². The monoisotopic (exact) mass is 796 g/mol. The number of aryl methyl sites for hydroxylation is 3. The molecule has 60 heavy (non-hydrogen) atoms. The Balaban J connectivity index is 1.18. The number of benzene rings is 4. The Hall–Kier alpha value is -4.51. The molecule has 4 heterocycles. The first-order chi connectivity index (χ1) is 29.2. The van der Waals surface area contributed by atoms with Gasteiger partial charge in [-0.2, -0.15) is 0 Å². The molecule has 1 spiro atoms. The number of aromatic nitrogens is 3. The van der Waals surface area contributed by atoms with E-state index in [-0.39, 0.29) is 17.1 Å². The second-order valence-electron chi connectivity index (χ2n) is 21.2. The Morgan fingerprint density at radius 3 is 2.17 bits per heavy atom. The van der Waals surface area contributed by atoms with Crippen molar-refractivity contribution in [2.75, 3.05) is 0 Å². The van der Waals surface area contributed by atoms with E-state index in [1.165, 1.54) is 162 Å². The lowest BCUT2D eigenvalue weighted by atomic mass is 9.82. The summed E-state index contributed by atoms with van der Waals surface area (Å²) in [6.07, 6.45) is 28.1. The van der Waals surface area contributed by atoms with Gasteiger partial charge >= 0.3 is 0 Å². The molecule has 5 nitrogen and oxygen atoms in total. The minimum atomic E-state index is -0.161. The molecule has 0 bridgehead atoms. The third kappa shape index (κ3) is 5.19. The van der Waals surface area contributed by atoms with E-state index < -0.39 is 0 Å². The van der Waals surface area contributed by atoms with Gasteiger partial charge in [0.05, 0.1) is 10.9 Å². The predicted molar refractivity (Wildman–Crippen MR) is 248 cm³/mol. The Morgan fingerprint density at radius 2 is 1.42 bits per heavy atom. The van der Waals surface area contributed by atoms with Gasteiger partial charge in [-0.3, -0.25) is 0 Å². The van der Waals surface area contributed by atoms with Gasteiger partial charge in [0.15, 0.2) is 18.0 Å². The number of rotatable bonds is 3. The summed E-state index contributed by atoms with van der Waals surface area (Å²) < 4.78 is 8.35. The van der Waals surface area contributed by atoms with E-state index in [0.717, 1.165) is 5.52 Å². The van der Waals surface area contributed by atoms with Crippen molar-refractivity contribution >= 4 is 49.7 Å². The van der Waals surface area contributed by atoms with Gasteiger partial charge in [0.2, 0.25) is 11.6 Å². The van der Waals surface area contributed by atoms with Crippen LogP contribution < -0.4 is 4.57 Å². The molecule has 0 saturated heterocycles. The van der Waals surface area contributed by atoms with Gasteiger partial charge in [-0.05, 0) is 113 Å². The molecule has 6 aliphatic rings. The van der Waals surface area contributed by atoms with E-state index in [2.05, 4.69) is 134 Å². The van der Waals surface area contributed by atoms with Crippen molar-refractivity contribution in [3.8, 4) is 11.3 Å². The summed E-state index contributed by atoms with van der Waals surface area (Å²) in [7, 11) is 2.34. The van der Waals surface area contributed by atoms with Crippen LogP contribution in [0.5, 0.6) is 0 Å². The maximum atomic E-state index is 5.60. The van der Waals surface area contributed by atoms with Crippen LogP contribution in [0.25, 0.3) is 54.7 Å². The summed E-state index contributed by atoms with van der Waals surface area (Å²) in [5.74, 6) is 1.03. The maximum absolute atomic E-state index is 5.60. The van der Waals surface area contributed by atoms with Gasteiger partial charge in [-0.25, -0.2) is 9.14 Å². The standard InChI is InChI=1S/C55H65N5/c1-34-22-23-37-24-28-45-49-52(57(6)50(45)46(37)35(34)2)51-47-43-29-26-40(54(3,4)5)30-38(43)25-27-44(47)48-53(58(51)33-56-49)55(48)59(41-18-12-8-13-19-41)31-39(36-16-10-7-11-17-36)32-60(55)42-20-14-9-15-21-42/h22-33,36,41-42,48,53H,7-21H2,1-6H3/q+2. The molecule has 5 heteroatoms. The van der Waals surface area contributed by atoms with E-state index in [1.807, 2.05) is 0 Å². The molecular formula is C55H65N5+2. The molecule has 4 aliphatic carbocycles. The molecule has 4 aromatic carbocycles. The lowest BCUT2D eigenvalue weighted by Crippen LogP contribution is -2.59. The normalized spacial score (nSPS) is 25.2. The van der Waals surface area contributed by atoms with Crippen LogP contribution in [0.15, 0.2) is 72.7 Å².